The number of halogens is 1. The number of nitrogens with zero attached hydrogens (tertiary/aromatic N) is 1. The minimum absolute atomic E-state index is 0.204. The van der Waals surface area contributed by atoms with Crippen molar-refractivity contribution < 1.29 is 13.9 Å². The van der Waals surface area contributed by atoms with E-state index in [1.165, 1.54) is 0 Å². The summed E-state index contributed by atoms with van der Waals surface area (Å²) in [7, 11) is 2.10. The summed E-state index contributed by atoms with van der Waals surface area (Å²) in [6.07, 6.45) is 1.10. The summed E-state index contributed by atoms with van der Waals surface area (Å²) < 4.78 is 11.8. The maximum atomic E-state index is 12.9. The molecule has 28 heavy (non-hydrogen) atoms. The Morgan fingerprint density at radius 3 is 2.82 bits per heavy atom. The normalized spacial score (nSPS) is 17.1. The van der Waals surface area contributed by atoms with E-state index in [-0.39, 0.29) is 12.5 Å². The lowest BCUT2D eigenvalue weighted by Crippen LogP contribution is -2.30. The Hall–Kier alpha value is -2.50. The average molecular weight is 399 g/mol. The van der Waals surface area contributed by atoms with Gasteiger partial charge in [0.05, 0.1) is 5.02 Å². The SMILES string of the molecule is CN1CCC(CNC(=O)c2oc3ccccc3c2COc2ccccc2Cl)C1. The van der Waals surface area contributed by atoms with Crippen molar-refractivity contribution >= 4 is 28.5 Å². The van der Waals surface area contributed by atoms with Crippen molar-refractivity contribution in [2.75, 3.05) is 26.7 Å². The molecule has 6 heteroatoms. The molecule has 1 N–H and O–H groups in total. The van der Waals surface area contributed by atoms with Gasteiger partial charge in [-0.1, -0.05) is 41.9 Å². The molecule has 4 rings (SSSR count). The molecule has 1 aromatic heterocycles. The third kappa shape index (κ3) is 4.01. The number of fused-ring (bicyclic) bond motifs is 1. The Kier molecular flexibility index (Phi) is 5.55. The summed E-state index contributed by atoms with van der Waals surface area (Å²) in [6.45, 7) is 2.92. The van der Waals surface area contributed by atoms with Crippen molar-refractivity contribution in [2.45, 2.75) is 13.0 Å². The van der Waals surface area contributed by atoms with Crippen molar-refractivity contribution in [3.05, 3.63) is 64.9 Å². The van der Waals surface area contributed by atoms with Crippen LogP contribution >= 0.6 is 11.6 Å². The Balaban J connectivity index is 1.54. The van der Waals surface area contributed by atoms with E-state index in [9.17, 15) is 4.79 Å². The largest absolute Gasteiger partial charge is 0.487 e. The van der Waals surface area contributed by atoms with Crippen LogP contribution in [-0.4, -0.2) is 37.5 Å². The topological polar surface area (TPSA) is 54.7 Å². The van der Waals surface area contributed by atoms with E-state index in [0.717, 1.165) is 30.5 Å². The van der Waals surface area contributed by atoms with Gasteiger partial charge in [-0.25, -0.2) is 0 Å². The number of hydrogen-bond donors (Lipinski definition) is 1. The molecule has 146 valence electrons. The van der Waals surface area contributed by atoms with Gasteiger partial charge in [-0.15, -0.1) is 0 Å². The first-order valence-corrected chi connectivity index (χ1v) is 9.84. The van der Waals surface area contributed by atoms with Gasteiger partial charge in [-0.3, -0.25) is 4.79 Å². The smallest absolute Gasteiger partial charge is 0.287 e. The van der Waals surface area contributed by atoms with Gasteiger partial charge in [0, 0.05) is 24.0 Å². The highest BCUT2D eigenvalue weighted by Crippen LogP contribution is 2.29. The maximum absolute atomic E-state index is 12.9. The van der Waals surface area contributed by atoms with Gasteiger partial charge in [0.15, 0.2) is 5.76 Å². The molecule has 2 aromatic carbocycles. The predicted molar refractivity (Wildman–Crippen MR) is 110 cm³/mol. The van der Waals surface area contributed by atoms with Crippen LogP contribution in [0.4, 0.5) is 0 Å². The van der Waals surface area contributed by atoms with E-state index in [4.69, 9.17) is 20.8 Å². The van der Waals surface area contributed by atoms with Gasteiger partial charge in [0.1, 0.15) is 17.9 Å². The summed E-state index contributed by atoms with van der Waals surface area (Å²) in [5.41, 5.74) is 1.41. The fourth-order valence-electron chi connectivity index (χ4n) is 3.65. The van der Waals surface area contributed by atoms with E-state index in [2.05, 4.69) is 17.3 Å². The highest BCUT2D eigenvalue weighted by molar-refractivity contribution is 6.32. The molecule has 0 saturated carbocycles. The molecular formula is C22H23ClN2O3. The van der Waals surface area contributed by atoms with Crippen LogP contribution in [0.15, 0.2) is 52.9 Å². The van der Waals surface area contributed by atoms with Crippen LogP contribution in [0, 0.1) is 5.92 Å². The summed E-state index contributed by atoms with van der Waals surface area (Å²) in [6, 6.07) is 14.9. The molecule has 0 aliphatic carbocycles. The highest BCUT2D eigenvalue weighted by Gasteiger charge is 2.24. The lowest BCUT2D eigenvalue weighted by molar-refractivity contribution is 0.0918. The van der Waals surface area contributed by atoms with Crippen LogP contribution in [0.3, 0.4) is 0 Å². The lowest BCUT2D eigenvalue weighted by atomic mass is 10.1. The first-order chi connectivity index (χ1) is 13.6. The Bertz CT molecular complexity index is 985. The molecule has 1 amide bonds. The minimum Gasteiger partial charge on any atom is -0.487 e. The van der Waals surface area contributed by atoms with Crippen molar-refractivity contribution in [2.24, 2.45) is 5.92 Å². The van der Waals surface area contributed by atoms with Crippen molar-refractivity contribution in [1.29, 1.82) is 0 Å². The molecular weight excluding hydrogens is 376 g/mol. The molecule has 0 radical (unpaired) electrons. The molecule has 2 heterocycles. The van der Waals surface area contributed by atoms with Gasteiger partial charge in [0.2, 0.25) is 0 Å². The molecule has 3 aromatic rings. The molecule has 1 atom stereocenters. The summed E-state index contributed by atoms with van der Waals surface area (Å²) in [5.74, 6) is 1.15. The summed E-state index contributed by atoms with van der Waals surface area (Å²) in [5, 5.41) is 4.44. The molecule has 1 aliphatic rings. The number of nitrogens with one attached hydrogen (secondary N) is 1. The van der Waals surface area contributed by atoms with Crippen LogP contribution in [0.25, 0.3) is 11.0 Å². The number of para-hydroxylation sites is 2. The van der Waals surface area contributed by atoms with Crippen LogP contribution < -0.4 is 10.1 Å². The third-order valence-corrected chi connectivity index (χ3v) is 5.47. The number of hydrogen-bond acceptors (Lipinski definition) is 4. The minimum atomic E-state index is -0.205. The Morgan fingerprint density at radius 1 is 1.25 bits per heavy atom. The second-order valence-corrected chi connectivity index (χ2v) is 7.66. The Labute approximate surface area is 169 Å². The fourth-order valence-corrected chi connectivity index (χ4v) is 3.84. The molecule has 5 nitrogen and oxygen atoms in total. The third-order valence-electron chi connectivity index (χ3n) is 5.15. The van der Waals surface area contributed by atoms with Gasteiger partial charge in [0.25, 0.3) is 5.91 Å². The van der Waals surface area contributed by atoms with E-state index >= 15 is 0 Å². The highest BCUT2D eigenvalue weighted by atomic mass is 35.5. The zero-order valence-corrected chi connectivity index (χ0v) is 16.5. The van der Waals surface area contributed by atoms with Crippen molar-refractivity contribution in [3.8, 4) is 5.75 Å². The van der Waals surface area contributed by atoms with Crippen LogP contribution in [-0.2, 0) is 6.61 Å². The molecule has 1 fully saturated rings. The standard InChI is InChI=1S/C22H23ClN2O3/c1-25-11-10-15(13-25)12-24-22(26)21-17(16-6-2-4-8-19(16)28-21)14-27-20-9-5-3-7-18(20)23/h2-9,15H,10-14H2,1H3,(H,24,26). The summed E-state index contributed by atoms with van der Waals surface area (Å²) in [4.78, 5) is 15.1. The average Bonchev–Trinajstić information content (AvgIpc) is 3.29. The molecule has 0 spiro atoms. The van der Waals surface area contributed by atoms with Gasteiger partial charge in [-0.2, -0.15) is 0 Å². The number of rotatable bonds is 6. The first-order valence-electron chi connectivity index (χ1n) is 9.46. The zero-order valence-electron chi connectivity index (χ0n) is 15.8. The predicted octanol–water partition coefficient (Wildman–Crippen LogP) is 4.35. The molecule has 1 unspecified atom stereocenters. The van der Waals surface area contributed by atoms with Crippen molar-refractivity contribution in [3.63, 3.8) is 0 Å². The monoisotopic (exact) mass is 398 g/mol. The second-order valence-electron chi connectivity index (χ2n) is 7.25. The van der Waals surface area contributed by atoms with Crippen LogP contribution in [0.2, 0.25) is 5.02 Å². The number of carbonyl (C=O) groups excluding carboxylic acids is 1. The molecule has 1 saturated heterocycles. The second kappa shape index (κ2) is 8.25. The van der Waals surface area contributed by atoms with E-state index < -0.39 is 0 Å². The fraction of sp³-hybridized carbons (Fsp3) is 0.318. The maximum Gasteiger partial charge on any atom is 0.287 e. The van der Waals surface area contributed by atoms with E-state index in [1.54, 1.807) is 12.1 Å². The quantitative estimate of drug-likeness (QED) is 0.670. The van der Waals surface area contributed by atoms with Crippen LogP contribution in [0.1, 0.15) is 22.5 Å². The van der Waals surface area contributed by atoms with E-state index in [0.29, 0.717) is 34.6 Å². The molecule has 0 bridgehead atoms. The Morgan fingerprint density at radius 2 is 2.04 bits per heavy atom. The number of benzene rings is 2. The zero-order chi connectivity index (χ0) is 19.5. The van der Waals surface area contributed by atoms with Crippen molar-refractivity contribution in [1.82, 2.24) is 10.2 Å². The number of carbonyl (C=O) groups is 1. The first kappa shape index (κ1) is 18.8. The van der Waals surface area contributed by atoms with Gasteiger partial charge in [-0.05, 0) is 44.1 Å². The number of amides is 1. The van der Waals surface area contributed by atoms with Gasteiger partial charge >= 0.3 is 0 Å². The lowest BCUT2D eigenvalue weighted by Gasteiger charge is -2.12. The number of likely N-dealkylation sites (tertiary alicyclic amines) is 1. The van der Waals surface area contributed by atoms with E-state index in [1.807, 2.05) is 36.4 Å². The number of ether oxygens (including phenoxy) is 1. The summed E-state index contributed by atoms with van der Waals surface area (Å²) >= 11 is 6.19. The van der Waals surface area contributed by atoms with Gasteiger partial charge < -0.3 is 19.4 Å². The van der Waals surface area contributed by atoms with Crippen LogP contribution in [0.5, 0.6) is 5.75 Å². The molecule has 1 aliphatic heterocycles. The number of furan rings is 1.